The molecule has 0 atom stereocenters. The van der Waals surface area contributed by atoms with Crippen LogP contribution in [0.15, 0.2) is 17.5 Å². The highest BCUT2D eigenvalue weighted by molar-refractivity contribution is 7.09. The Morgan fingerprint density at radius 2 is 2.12 bits per heavy atom. The Bertz CT molecular complexity index is 302. The first-order chi connectivity index (χ1) is 8.29. The lowest BCUT2D eigenvalue weighted by molar-refractivity contribution is 0.178. The number of hydrogen-bond donors (Lipinski definition) is 1. The van der Waals surface area contributed by atoms with Crippen molar-refractivity contribution in [1.82, 2.24) is 10.2 Å². The summed E-state index contributed by atoms with van der Waals surface area (Å²) in [5.74, 6) is 0. The first-order valence-electron chi connectivity index (χ1n) is 6.69. The average molecular weight is 252 g/mol. The molecule has 3 heteroatoms. The highest BCUT2D eigenvalue weighted by Crippen LogP contribution is 2.22. The zero-order valence-electron chi connectivity index (χ0n) is 11.0. The molecule has 0 unspecified atom stereocenters. The average Bonchev–Trinajstić information content (AvgIpc) is 2.89. The van der Waals surface area contributed by atoms with E-state index in [1.54, 1.807) is 0 Å². The van der Waals surface area contributed by atoms with E-state index in [-0.39, 0.29) is 0 Å². The van der Waals surface area contributed by atoms with Crippen LogP contribution in [-0.2, 0) is 6.42 Å². The van der Waals surface area contributed by atoms with Crippen LogP contribution in [0.4, 0.5) is 0 Å². The summed E-state index contributed by atoms with van der Waals surface area (Å²) in [6, 6.07) is 5.96. The van der Waals surface area contributed by atoms with Crippen LogP contribution in [0.1, 0.15) is 30.6 Å². The number of nitrogens with one attached hydrogen (secondary N) is 1. The van der Waals surface area contributed by atoms with E-state index in [0.717, 1.165) is 12.1 Å². The van der Waals surface area contributed by atoms with Crippen molar-refractivity contribution < 1.29 is 0 Å². The van der Waals surface area contributed by atoms with Gasteiger partial charge in [-0.25, -0.2) is 0 Å². The summed E-state index contributed by atoms with van der Waals surface area (Å²) in [4.78, 5) is 4.08. The van der Waals surface area contributed by atoms with E-state index >= 15 is 0 Å². The van der Waals surface area contributed by atoms with Crippen molar-refractivity contribution in [2.45, 2.75) is 44.2 Å². The topological polar surface area (TPSA) is 15.3 Å². The van der Waals surface area contributed by atoms with Crippen molar-refractivity contribution >= 4 is 11.3 Å². The van der Waals surface area contributed by atoms with E-state index in [2.05, 4.69) is 41.8 Å². The van der Waals surface area contributed by atoms with E-state index < -0.39 is 0 Å². The SMILES string of the molecule is CNC1CCC(N(C)CCc2cccs2)CC1. The Labute approximate surface area is 109 Å². The predicted molar refractivity (Wildman–Crippen MR) is 75.8 cm³/mol. The summed E-state index contributed by atoms with van der Waals surface area (Å²) >= 11 is 1.88. The van der Waals surface area contributed by atoms with E-state index in [9.17, 15) is 0 Å². The van der Waals surface area contributed by atoms with Crippen LogP contribution in [0.3, 0.4) is 0 Å². The fraction of sp³-hybridized carbons (Fsp3) is 0.714. The first kappa shape index (κ1) is 13.1. The molecule has 0 amide bonds. The molecule has 0 aliphatic heterocycles. The van der Waals surface area contributed by atoms with E-state index in [0.29, 0.717) is 0 Å². The molecule has 1 N–H and O–H groups in total. The van der Waals surface area contributed by atoms with Gasteiger partial charge < -0.3 is 10.2 Å². The van der Waals surface area contributed by atoms with Gasteiger partial charge in [-0.3, -0.25) is 0 Å². The monoisotopic (exact) mass is 252 g/mol. The van der Waals surface area contributed by atoms with Gasteiger partial charge in [0.25, 0.3) is 0 Å². The molecule has 0 aromatic carbocycles. The third kappa shape index (κ3) is 3.80. The van der Waals surface area contributed by atoms with Crippen LogP contribution >= 0.6 is 11.3 Å². The summed E-state index contributed by atoms with van der Waals surface area (Å²) in [6.07, 6.45) is 6.59. The second-order valence-corrected chi connectivity index (χ2v) is 6.14. The van der Waals surface area contributed by atoms with Crippen molar-refractivity contribution in [2.24, 2.45) is 0 Å². The van der Waals surface area contributed by atoms with Crippen LogP contribution in [0.25, 0.3) is 0 Å². The van der Waals surface area contributed by atoms with Gasteiger partial charge in [-0.15, -0.1) is 11.3 Å². The minimum Gasteiger partial charge on any atom is -0.317 e. The molecule has 0 bridgehead atoms. The second kappa shape index (κ2) is 6.53. The molecular weight excluding hydrogens is 228 g/mol. The van der Waals surface area contributed by atoms with Crippen LogP contribution in [0.2, 0.25) is 0 Å². The summed E-state index contributed by atoms with van der Waals surface area (Å²) in [5, 5.41) is 5.57. The van der Waals surface area contributed by atoms with Gasteiger partial charge in [-0.2, -0.15) is 0 Å². The largest absolute Gasteiger partial charge is 0.317 e. The molecule has 1 heterocycles. The molecule has 17 heavy (non-hydrogen) atoms. The van der Waals surface area contributed by atoms with Gasteiger partial charge in [0, 0.05) is 23.5 Å². The number of likely N-dealkylation sites (N-methyl/N-ethyl adjacent to an activating group) is 1. The maximum Gasteiger partial charge on any atom is 0.00935 e. The van der Waals surface area contributed by atoms with Gasteiger partial charge in [-0.1, -0.05) is 6.07 Å². The first-order valence-corrected chi connectivity index (χ1v) is 7.57. The molecule has 1 aromatic rings. The third-order valence-corrected chi connectivity index (χ3v) is 4.96. The molecule has 2 nitrogen and oxygen atoms in total. The van der Waals surface area contributed by atoms with E-state index in [4.69, 9.17) is 0 Å². The lowest BCUT2D eigenvalue weighted by Gasteiger charge is -2.34. The fourth-order valence-electron chi connectivity index (χ4n) is 2.73. The molecule has 0 spiro atoms. The van der Waals surface area contributed by atoms with Crippen molar-refractivity contribution in [1.29, 1.82) is 0 Å². The quantitative estimate of drug-likeness (QED) is 0.867. The van der Waals surface area contributed by atoms with Gasteiger partial charge in [0.15, 0.2) is 0 Å². The summed E-state index contributed by atoms with van der Waals surface area (Å²) in [6.45, 7) is 1.20. The maximum atomic E-state index is 3.40. The van der Waals surface area contributed by atoms with Gasteiger partial charge in [0.1, 0.15) is 0 Å². The third-order valence-electron chi connectivity index (χ3n) is 4.02. The minimum absolute atomic E-state index is 0.761. The Morgan fingerprint density at radius 1 is 1.35 bits per heavy atom. The molecule has 1 saturated carbocycles. The standard InChI is InChI=1S/C14H24N2S/c1-15-12-5-7-13(8-6-12)16(2)10-9-14-4-3-11-17-14/h3-4,11-13,15H,5-10H2,1-2H3. The predicted octanol–water partition coefficient (Wildman–Crippen LogP) is 2.75. The Morgan fingerprint density at radius 3 is 2.71 bits per heavy atom. The molecule has 1 aromatic heterocycles. The highest BCUT2D eigenvalue weighted by Gasteiger charge is 2.22. The van der Waals surface area contributed by atoms with Crippen LogP contribution < -0.4 is 5.32 Å². The van der Waals surface area contributed by atoms with E-state index in [1.165, 1.54) is 43.5 Å². The fourth-order valence-corrected chi connectivity index (χ4v) is 3.43. The number of hydrogen-bond acceptors (Lipinski definition) is 3. The molecule has 1 aliphatic rings. The normalized spacial score (nSPS) is 25.4. The Balaban J connectivity index is 1.71. The smallest absolute Gasteiger partial charge is 0.00935 e. The van der Waals surface area contributed by atoms with Crippen molar-refractivity contribution in [2.75, 3.05) is 20.6 Å². The minimum atomic E-state index is 0.761. The van der Waals surface area contributed by atoms with Gasteiger partial charge in [0.05, 0.1) is 0 Å². The molecule has 0 radical (unpaired) electrons. The van der Waals surface area contributed by atoms with Crippen molar-refractivity contribution in [3.8, 4) is 0 Å². The highest BCUT2D eigenvalue weighted by atomic mass is 32.1. The van der Waals surface area contributed by atoms with Gasteiger partial charge in [0.2, 0.25) is 0 Å². The second-order valence-electron chi connectivity index (χ2n) is 5.10. The molecule has 1 fully saturated rings. The number of rotatable bonds is 5. The number of thiophene rings is 1. The molecule has 2 rings (SSSR count). The van der Waals surface area contributed by atoms with Crippen LogP contribution in [-0.4, -0.2) is 37.6 Å². The lowest BCUT2D eigenvalue weighted by atomic mass is 9.90. The Hall–Kier alpha value is -0.380. The Kier molecular flexibility index (Phi) is 5.01. The zero-order valence-corrected chi connectivity index (χ0v) is 11.8. The summed E-state index contributed by atoms with van der Waals surface area (Å²) in [5.41, 5.74) is 0. The van der Waals surface area contributed by atoms with Crippen LogP contribution in [0.5, 0.6) is 0 Å². The lowest BCUT2D eigenvalue weighted by Crippen LogP contribution is -2.40. The van der Waals surface area contributed by atoms with Gasteiger partial charge in [-0.05, 0) is 57.6 Å². The summed E-state index contributed by atoms with van der Waals surface area (Å²) < 4.78 is 0. The molecule has 96 valence electrons. The molecular formula is C14H24N2S. The zero-order chi connectivity index (χ0) is 12.1. The van der Waals surface area contributed by atoms with Gasteiger partial charge >= 0.3 is 0 Å². The summed E-state index contributed by atoms with van der Waals surface area (Å²) in [7, 11) is 4.38. The van der Waals surface area contributed by atoms with E-state index in [1.807, 2.05) is 11.3 Å². The van der Waals surface area contributed by atoms with Crippen LogP contribution in [0, 0.1) is 0 Å². The molecule has 1 aliphatic carbocycles. The van der Waals surface area contributed by atoms with Crippen molar-refractivity contribution in [3.63, 3.8) is 0 Å². The molecule has 0 saturated heterocycles. The number of nitrogens with zero attached hydrogens (tertiary/aromatic N) is 1. The van der Waals surface area contributed by atoms with Crippen molar-refractivity contribution in [3.05, 3.63) is 22.4 Å². The maximum absolute atomic E-state index is 3.40.